The Balaban J connectivity index is 2.77. The Hall–Kier alpha value is -1.81. The highest BCUT2D eigenvalue weighted by molar-refractivity contribution is 7.80. The fraction of sp³-hybridized carbons (Fsp3) is 0.667. The third-order valence-corrected chi connectivity index (χ3v) is 3.55. The molecule has 22 heavy (non-hydrogen) atoms. The van der Waals surface area contributed by atoms with Crippen LogP contribution < -0.4 is 5.73 Å². The summed E-state index contributed by atoms with van der Waals surface area (Å²) in [6, 6.07) is 2.05. The monoisotopic (exact) mass is 324 g/mol. The highest BCUT2D eigenvalue weighted by atomic mass is 32.1. The number of amides is 1. The van der Waals surface area contributed by atoms with Crippen molar-refractivity contribution in [2.24, 2.45) is 5.73 Å². The number of rotatable bonds is 2. The number of ether oxygens (including phenoxy) is 1. The molecule has 0 atom stereocenters. The highest BCUT2D eigenvalue weighted by Crippen LogP contribution is 2.16. The quantitative estimate of drug-likeness (QED) is 0.475. The van der Waals surface area contributed by atoms with Gasteiger partial charge in [-0.1, -0.05) is 12.2 Å². The predicted octanol–water partition coefficient (Wildman–Crippen LogP) is 2.01. The van der Waals surface area contributed by atoms with E-state index < -0.39 is 5.60 Å². The number of hydrogen-bond acceptors (Lipinski definition) is 5. The molecule has 7 heteroatoms. The molecule has 0 saturated carbocycles. The van der Waals surface area contributed by atoms with Crippen molar-refractivity contribution in [3.05, 3.63) is 11.3 Å². The Morgan fingerprint density at radius 3 is 2.27 bits per heavy atom. The number of thiocarbonyl (C=S) groups is 1. The van der Waals surface area contributed by atoms with Crippen LogP contribution in [0.25, 0.3) is 0 Å². The molecule has 1 heterocycles. The van der Waals surface area contributed by atoms with E-state index in [9.17, 15) is 4.79 Å². The molecular formula is C15H24N4O2S. The van der Waals surface area contributed by atoms with Crippen molar-refractivity contribution in [3.63, 3.8) is 0 Å². The second-order valence-electron chi connectivity index (χ2n) is 6.24. The number of nitrogens with two attached hydrogens (primary N) is 1. The van der Waals surface area contributed by atoms with Crippen LogP contribution in [0.15, 0.2) is 11.3 Å². The van der Waals surface area contributed by atoms with Gasteiger partial charge in [0.05, 0.1) is 0 Å². The van der Waals surface area contributed by atoms with Gasteiger partial charge in [0.2, 0.25) is 0 Å². The molecule has 1 fully saturated rings. The molecule has 6 nitrogen and oxygen atoms in total. The van der Waals surface area contributed by atoms with E-state index in [0.717, 1.165) is 18.7 Å². The molecule has 0 spiro atoms. The molecule has 0 aromatic rings. The number of allylic oxidation sites excluding steroid dienone is 1. The third-order valence-electron chi connectivity index (χ3n) is 3.34. The summed E-state index contributed by atoms with van der Waals surface area (Å²) in [5.41, 5.74) is 6.18. The fourth-order valence-electron chi connectivity index (χ4n) is 2.23. The summed E-state index contributed by atoms with van der Waals surface area (Å²) in [5.74, 6) is 0. The minimum absolute atomic E-state index is 0.105. The average molecular weight is 324 g/mol. The summed E-state index contributed by atoms with van der Waals surface area (Å²) in [6.07, 6.45) is 0.498. The summed E-state index contributed by atoms with van der Waals surface area (Å²) >= 11 is 4.91. The minimum atomic E-state index is -0.501. The van der Waals surface area contributed by atoms with E-state index in [2.05, 4.69) is 6.07 Å². The molecule has 1 rings (SSSR count). The minimum Gasteiger partial charge on any atom is -0.444 e. The second kappa shape index (κ2) is 7.45. The molecule has 0 aromatic carbocycles. The molecule has 0 aromatic heterocycles. The Labute approximate surface area is 137 Å². The van der Waals surface area contributed by atoms with E-state index in [4.69, 9.17) is 28.0 Å². The van der Waals surface area contributed by atoms with Crippen LogP contribution in [0, 0.1) is 11.3 Å². The fourth-order valence-corrected chi connectivity index (χ4v) is 2.43. The van der Waals surface area contributed by atoms with Gasteiger partial charge in [0.15, 0.2) is 0 Å². The molecule has 1 amide bonds. The van der Waals surface area contributed by atoms with Crippen molar-refractivity contribution >= 4 is 23.3 Å². The van der Waals surface area contributed by atoms with E-state index in [1.165, 1.54) is 0 Å². The third kappa shape index (κ3) is 5.19. The van der Waals surface area contributed by atoms with Crippen molar-refractivity contribution in [2.45, 2.75) is 39.7 Å². The van der Waals surface area contributed by atoms with E-state index in [-0.39, 0.29) is 11.1 Å². The van der Waals surface area contributed by atoms with Crippen LogP contribution in [0.4, 0.5) is 4.79 Å². The van der Waals surface area contributed by atoms with Gasteiger partial charge in [0, 0.05) is 31.9 Å². The topological polar surface area (TPSA) is 82.6 Å². The van der Waals surface area contributed by atoms with Crippen LogP contribution in [0.5, 0.6) is 0 Å². The Kier molecular flexibility index (Phi) is 6.18. The van der Waals surface area contributed by atoms with E-state index in [1.54, 1.807) is 4.90 Å². The second-order valence-corrected chi connectivity index (χ2v) is 6.68. The maximum absolute atomic E-state index is 12.1. The molecule has 0 bridgehead atoms. The van der Waals surface area contributed by atoms with Crippen LogP contribution >= 0.6 is 12.2 Å². The number of carbonyl (C=O) groups excluding carboxylic acids is 1. The average Bonchev–Trinajstić information content (AvgIpc) is 2.62. The molecule has 1 saturated heterocycles. The van der Waals surface area contributed by atoms with Gasteiger partial charge in [-0.05, 0) is 34.1 Å². The van der Waals surface area contributed by atoms with Crippen molar-refractivity contribution in [1.29, 1.82) is 5.26 Å². The van der Waals surface area contributed by atoms with Crippen molar-refractivity contribution < 1.29 is 9.53 Å². The van der Waals surface area contributed by atoms with Crippen molar-refractivity contribution in [1.82, 2.24) is 9.80 Å². The van der Waals surface area contributed by atoms with Crippen LogP contribution in [-0.4, -0.2) is 52.7 Å². The summed E-state index contributed by atoms with van der Waals surface area (Å²) < 4.78 is 5.40. The maximum Gasteiger partial charge on any atom is 0.410 e. The first-order chi connectivity index (χ1) is 10.2. The lowest BCUT2D eigenvalue weighted by Crippen LogP contribution is -2.39. The first-order valence-corrected chi connectivity index (χ1v) is 7.70. The van der Waals surface area contributed by atoms with Gasteiger partial charge >= 0.3 is 6.09 Å². The Morgan fingerprint density at radius 1 is 1.23 bits per heavy atom. The largest absolute Gasteiger partial charge is 0.444 e. The van der Waals surface area contributed by atoms with Crippen LogP contribution in [0.1, 0.15) is 34.1 Å². The lowest BCUT2D eigenvalue weighted by atomic mass is 10.2. The van der Waals surface area contributed by atoms with Crippen LogP contribution in [-0.2, 0) is 4.74 Å². The molecule has 0 aliphatic carbocycles. The van der Waals surface area contributed by atoms with Gasteiger partial charge in [0.1, 0.15) is 22.2 Å². The van der Waals surface area contributed by atoms with Gasteiger partial charge in [-0.2, -0.15) is 5.26 Å². The summed E-state index contributed by atoms with van der Waals surface area (Å²) in [6.45, 7) is 9.94. The van der Waals surface area contributed by atoms with Crippen molar-refractivity contribution in [3.8, 4) is 6.07 Å². The predicted molar refractivity (Wildman–Crippen MR) is 89.1 cm³/mol. The normalized spacial score (nSPS) is 17.2. The maximum atomic E-state index is 12.1. The lowest BCUT2D eigenvalue weighted by Gasteiger charge is -2.27. The molecule has 1 aliphatic heterocycles. The standard InChI is InChI=1S/C15H24N4O2S/c1-11(12(10-16)13(17)22)18-6-5-7-19(9-8-18)14(20)21-15(2,3)4/h5-9H2,1-4H3,(H2,17,22). The van der Waals surface area contributed by atoms with Gasteiger partial charge in [0.25, 0.3) is 0 Å². The zero-order chi connectivity index (χ0) is 16.9. The van der Waals surface area contributed by atoms with Crippen molar-refractivity contribution in [2.75, 3.05) is 26.2 Å². The number of carbonyl (C=O) groups is 1. The van der Waals surface area contributed by atoms with E-state index >= 15 is 0 Å². The van der Waals surface area contributed by atoms with Crippen LogP contribution in [0.2, 0.25) is 0 Å². The number of nitrogens with zero attached hydrogens (tertiary/aromatic N) is 3. The molecule has 0 radical (unpaired) electrons. The van der Waals surface area contributed by atoms with E-state index in [0.29, 0.717) is 25.2 Å². The summed E-state index contributed by atoms with van der Waals surface area (Å²) in [5, 5.41) is 9.15. The lowest BCUT2D eigenvalue weighted by molar-refractivity contribution is 0.0259. The van der Waals surface area contributed by atoms with Gasteiger partial charge in [-0.25, -0.2) is 4.79 Å². The summed E-state index contributed by atoms with van der Waals surface area (Å²) in [7, 11) is 0. The van der Waals surface area contributed by atoms with Gasteiger partial charge in [-0.3, -0.25) is 0 Å². The smallest absolute Gasteiger partial charge is 0.410 e. The molecule has 1 aliphatic rings. The van der Waals surface area contributed by atoms with Crippen LogP contribution in [0.3, 0.4) is 0 Å². The zero-order valence-corrected chi connectivity index (χ0v) is 14.5. The summed E-state index contributed by atoms with van der Waals surface area (Å²) in [4.78, 5) is 16.0. The Morgan fingerprint density at radius 2 is 1.77 bits per heavy atom. The molecule has 122 valence electrons. The number of nitriles is 1. The molecular weight excluding hydrogens is 300 g/mol. The highest BCUT2D eigenvalue weighted by Gasteiger charge is 2.25. The van der Waals surface area contributed by atoms with Gasteiger partial charge in [-0.15, -0.1) is 0 Å². The Bertz CT molecular complexity index is 517. The first kappa shape index (κ1) is 18.2. The first-order valence-electron chi connectivity index (χ1n) is 7.29. The molecule has 2 N–H and O–H groups in total. The number of hydrogen-bond donors (Lipinski definition) is 1. The SMILES string of the molecule is CC(=C(C#N)C(N)=S)N1CCCN(C(=O)OC(C)(C)C)CC1. The van der Waals surface area contributed by atoms with Gasteiger partial charge < -0.3 is 20.3 Å². The van der Waals surface area contributed by atoms with E-state index in [1.807, 2.05) is 32.6 Å². The zero-order valence-electron chi connectivity index (χ0n) is 13.7. The molecule has 0 unspecified atom stereocenters.